The molecule has 1 aromatic heterocycles. The number of anilines is 2. The maximum atomic E-state index is 12.3. The highest BCUT2D eigenvalue weighted by atomic mass is 35.5. The second kappa shape index (κ2) is 8.62. The Balaban J connectivity index is 1.55. The lowest BCUT2D eigenvalue weighted by molar-refractivity contribution is 0.0949. The lowest BCUT2D eigenvalue weighted by Crippen LogP contribution is -2.26. The fraction of sp³-hybridized carbons (Fsp3) is 0.316. The van der Waals surface area contributed by atoms with Crippen molar-refractivity contribution < 1.29 is 4.79 Å². The SMILES string of the molecule is O=C(NCCC1=CCCCC1)c1ccnc(Nc2ccc(Cl)cc2)n1. The number of nitrogens with zero attached hydrogens (tertiary/aromatic N) is 2. The fourth-order valence-corrected chi connectivity index (χ4v) is 2.89. The minimum atomic E-state index is -0.182. The first-order valence-electron chi connectivity index (χ1n) is 8.52. The summed E-state index contributed by atoms with van der Waals surface area (Å²) in [7, 11) is 0. The van der Waals surface area contributed by atoms with Gasteiger partial charge in [-0.3, -0.25) is 4.79 Å². The molecule has 0 spiro atoms. The third-order valence-corrected chi connectivity index (χ3v) is 4.36. The van der Waals surface area contributed by atoms with Gasteiger partial charge in [0.1, 0.15) is 5.69 Å². The first-order valence-corrected chi connectivity index (χ1v) is 8.90. The molecule has 0 aliphatic heterocycles. The van der Waals surface area contributed by atoms with E-state index in [-0.39, 0.29) is 5.91 Å². The number of rotatable bonds is 6. The summed E-state index contributed by atoms with van der Waals surface area (Å²) in [6, 6.07) is 8.83. The van der Waals surface area contributed by atoms with Crippen LogP contribution in [0.5, 0.6) is 0 Å². The Morgan fingerprint density at radius 3 is 2.76 bits per heavy atom. The van der Waals surface area contributed by atoms with Gasteiger partial charge in [0.25, 0.3) is 5.91 Å². The van der Waals surface area contributed by atoms with Crippen LogP contribution in [0.4, 0.5) is 11.6 Å². The summed E-state index contributed by atoms with van der Waals surface area (Å²) < 4.78 is 0. The zero-order valence-corrected chi connectivity index (χ0v) is 14.7. The van der Waals surface area contributed by atoms with Gasteiger partial charge in [-0.1, -0.05) is 23.3 Å². The smallest absolute Gasteiger partial charge is 0.270 e. The van der Waals surface area contributed by atoms with Crippen LogP contribution in [0, 0.1) is 0 Å². The molecule has 1 aliphatic rings. The Kier molecular flexibility index (Phi) is 6.01. The van der Waals surface area contributed by atoms with Gasteiger partial charge in [-0.25, -0.2) is 9.97 Å². The average Bonchev–Trinajstić information content (AvgIpc) is 2.65. The van der Waals surface area contributed by atoms with Crippen LogP contribution >= 0.6 is 11.6 Å². The first kappa shape index (κ1) is 17.4. The highest BCUT2D eigenvalue weighted by Crippen LogP contribution is 2.19. The Hall–Kier alpha value is -2.40. The molecule has 0 radical (unpaired) electrons. The summed E-state index contributed by atoms with van der Waals surface area (Å²) in [5, 5.41) is 6.65. The van der Waals surface area contributed by atoms with Crippen LogP contribution < -0.4 is 10.6 Å². The second-order valence-corrected chi connectivity index (χ2v) is 6.45. The molecule has 6 heteroatoms. The van der Waals surface area contributed by atoms with E-state index in [0.717, 1.165) is 24.9 Å². The van der Waals surface area contributed by atoms with E-state index in [4.69, 9.17) is 11.6 Å². The van der Waals surface area contributed by atoms with E-state index in [2.05, 4.69) is 26.7 Å². The average molecular weight is 357 g/mol. The molecule has 1 amide bonds. The molecule has 0 fully saturated rings. The van der Waals surface area contributed by atoms with Crippen LogP contribution in [-0.4, -0.2) is 22.4 Å². The lowest BCUT2D eigenvalue weighted by Gasteiger charge is -2.13. The molecule has 0 saturated carbocycles. The van der Waals surface area contributed by atoms with E-state index in [0.29, 0.717) is 23.2 Å². The van der Waals surface area contributed by atoms with Crippen molar-refractivity contribution in [1.82, 2.24) is 15.3 Å². The Morgan fingerprint density at radius 2 is 2.00 bits per heavy atom. The predicted molar refractivity (Wildman–Crippen MR) is 100 cm³/mol. The molecule has 1 aliphatic carbocycles. The van der Waals surface area contributed by atoms with Gasteiger partial charge in [0.2, 0.25) is 5.95 Å². The Bertz CT molecular complexity index is 758. The van der Waals surface area contributed by atoms with Gasteiger partial charge in [-0.15, -0.1) is 0 Å². The molecule has 5 nitrogen and oxygen atoms in total. The zero-order valence-electron chi connectivity index (χ0n) is 14.0. The van der Waals surface area contributed by atoms with Crippen LogP contribution in [0.25, 0.3) is 0 Å². The van der Waals surface area contributed by atoms with Crippen LogP contribution in [0.2, 0.25) is 5.02 Å². The van der Waals surface area contributed by atoms with Gasteiger partial charge in [-0.05, 0) is 62.4 Å². The number of amides is 1. The number of benzene rings is 1. The molecule has 130 valence electrons. The van der Waals surface area contributed by atoms with Crippen molar-refractivity contribution >= 4 is 29.1 Å². The summed E-state index contributed by atoms with van der Waals surface area (Å²) >= 11 is 5.87. The maximum Gasteiger partial charge on any atom is 0.270 e. The molecule has 1 heterocycles. The molecule has 3 rings (SSSR count). The van der Waals surface area contributed by atoms with Gasteiger partial charge < -0.3 is 10.6 Å². The summed E-state index contributed by atoms with van der Waals surface area (Å²) in [5.41, 5.74) is 2.61. The number of hydrogen-bond donors (Lipinski definition) is 2. The highest BCUT2D eigenvalue weighted by Gasteiger charge is 2.10. The van der Waals surface area contributed by atoms with Crippen LogP contribution in [-0.2, 0) is 0 Å². The van der Waals surface area contributed by atoms with Crippen LogP contribution in [0.1, 0.15) is 42.6 Å². The third-order valence-electron chi connectivity index (χ3n) is 4.11. The van der Waals surface area contributed by atoms with E-state index in [1.54, 1.807) is 24.4 Å². The van der Waals surface area contributed by atoms with Crippen molar-refractivity contribution in [3.63, 3.8) is 0 Å². The molecular weight excluding hydrogens is 336 g/mol. The van der Waals surface area contributed by atoms with E-state index < -0.39 is 0 Å². The minimum Gasteiger partial charge on any atom is -0.350 e. The van der Waals surface area contributed by atoms with Crippen molar-refractivity contribution in [2.75, 3.05) is 11.9 Å². The standard InChI is InChI=1S/C19H21ClN4O/c20-15-6-8-16(9-7-15)23-19-22-13-11-17(24-19)18(25)21-12-10-14-4-2-1-3-5-14/h4,6-9,11,13H,1-3,5,10,12H2,(H,21,25)(H,22,23,24). The molecule has 0 atom stereocenters. The monoisotopic (exact) mass is 356 g/mol. The zero-order chi connectivity index (χ0) is 17.5. The number of carbonyl (C=O) groups is 1. The van der Waals surface area contributed by atoms with Crippen molar-refractivity contribution in [3.05, 3.63) is 58.9 Å². The summed E-state index contributed by atoms with van der Waals surface area (Å²) in [6.07, 6.45) is 9.63. The highest BCUT2D eigenvalue weighted by molar-refractivity contribution is 6.30. The van der Waals surface area contributed by atoms with E-state index in [9.17, 15) is 4.79 Å². The summed E-state index contributed by atoms with van der Waals surface area (Å²) in [5.74, 6) is 0.197. The lowest BCUT2D eigenvalue weighted by atomic mass is 9.97. The third kappa shape index (κ3) is 5.29. The second-order valence-electron chi connectivity index (χ2n) is 6.01. The topological polar surface area (TPSA) is 66.9 Å². The van der Waals surface area contributed by atoms with Gasteiger partial charge >= 0.3 is 0 Å². The molecule has 1 aromatic carbocycles. The van der Waals surface area contributed by atoms with Crippen molar-refractivity contribution in [2.45, 2.75) is 32.1 Å². The van der Waals surface area contributed by atoms with Crippen molar-refractivity contribution in [2.24, 2.45) is 0 Å². The van der Waals surface area contributed by atoms with E-state index >= 15 is 0 Å². The molecule has 0 unspecified atom stereocenters. The number of nitrogens with one attached hydrogen (secondary N) is 2. The quantitative estimate of drug-likeness (QED) is 0.748. The fourth-order valence-electron chi connectivity index (χ4n) is 2.77. The van der Waals surface area contributed by atoms with Gasteiger partial charge in [0.05, 0.1) is 0 Å². The Labute approximate surface area is 152 Å². The maximum absolute atomic E-state index is 12.3. The summed E-state index contributed by atoms with van der Waals surface area (Å²) in [6.45, 7) is 0.634. The molecule has 0 bridgehead atoms. The van der Waals surface area contributed by atoms with E-state index in [1.165, 1.54) is 18.4 Å². The molecule has 2 aromatic rings. The summed E-state index contributed by atoms with van der Waals surface area (Å²) in [4.78, 5) is 20.7. The minimum absolute atomic E-state index is 0.182. The van der Waals surface area contributed by atoms with Gasteiger partial charge in [0, 0.05) is 23.5 Å². The van der Waals surface area contributed by atoms with Gasteiger partial charge in [0.15, 0.2) is 0 Å². The van der Waals surface area contributed by atoms with Crippen LogP contribution in [0.15, 0.2) is 48.2 Å². The number of allylic oxidation sites excluding steroid dienone is 1. The molecule has 25 heavy (non-hydrogen) atoms. The number of hydrogen-bond acceptors (Lipinski definition) is 4. The number of aromatic nitrogens is 2. The first-order chi connectivity index (χ1) is 12.2. The number of halogens is 1. The largest absolute Gasteiger partial charge is 0.350 e. The number of carbonyl (C=O) groups excluding carboxylic acids is 1. The molecule has 2 N–H and O–H groups in total. The predicted octanol–water partition coefficient (Wildman–Crippen LogP) is 4.49. The van der Waals surface area contributed by atoms with E-state index in [1.807, 2.05) is 12.1 Å². The normalized spacial score (nSPS) is 13.9. The van der Waals surface area contributed by atoms with Crippen LogP contribution in [0.3, 0.4) is 0 Å². The van der Waals surface area contributed by atoms with Gasteiger partial charge in [-0.2, -0.15) is 0 Å². The van der Waals surface area contributed by atoms with Crippen molar-refractivity contribution in [1.29, 1.82) is 0 Å². The molecule has 0 saturated heterocycles. The Morgan fingerprint density at radius 1 is 1.16 bits per heavy atom. The van der Waals surface area contributed by atoms with Crippen molar-refractivity contribution in [3.8, 4) is 0 Å². The molecular formula is C19H21ClN4O.